The predicted octanol–water partition coefficient (Wildman–Crippen LogP) is 2.55. The maximum Gasteiger partial charge on any atom is 0.0481 e. The third-order valence-electron chi connectivity index (χ3n) is 2.48. The number of hydrogen-bond donors (Lipinski definition) is 1. The Bertz CT molecular complexity index is 299. The molecule has 1 N–H and O–H groups in total. The molecule has 84 valence electrons. The molecule has 0 aliphatic heterocycles. The number of nitrogens with zero attached hydrogens (tertiary/aromatic N) is 1. The monoisotopic (exact) mass is 226 g/mol. The minimum absolute atomic E-state index is 0.332. The number of halogens is 1. The van der Waals surface area contributed by atoms with E-state index in [-0.39, 0.29) is 0 Å². The normalized spacial score (nSPS) is 13.1. The maximum atomic E-state index is 6.19. The van der Waals surface area contributed by atoms with Crippen LogP contribution in [-0.2, 0) is 0 Å². The lowest BCUT2D eigenvalue weighted by Crippen LogP contribution is -2.31. The minimum Gasteiger partial charge on any atom is -0.315 e. The molecule has 1 rings (SSSR count). The third-order valence-corrected chi connectivity index (χ3v) is 2.82. The fourth-order valence-corrected chi connectivity index (χ4v) is 1.86. The van der Waals surface area contributed by atoms with Crippen LogP contribution in [0, 0.1) is 0 Å². The molecule has 0 saturated heterocycles. The van der Waals surface area contributed by atoms with Crippen LogP contribution in [0.3, 0.4) is 0 Å². The van der Waals surface area contributed by atoms with Gasteiger partial charge >= 0.3 is 0 Å². The van der Waals surface area contributed by atoms with Crippen LogP contribution >= 0.6 is 11.6 Å². The highest BCUT2D eigenvalue weighted by molar-refractivity contribution is 6.31. The maximum absolute atomic E-state index is 6.19. The molecule has 0 spiro atoms. The SMILES string of the molecule is CCNCC(c1ccccc1Cl)N(C)C. The Kier molecular flexibility index (Phi) is 5.09. The number of likely N-dealkylation sites (N-methyl/N-ethyl adjacent to an activating group) is 2. The second kappa shape index (κ2) is 6.11. The van der Waals surface area contributed by atoms with Crippen molar-refractivity contribution in [3.05, 3.63) is 34.9 Å². The lowest BCUT2D eigenvalue weighted by molar-refractivity contribution is 0.290. The topological polar surface area (TPSA) is 15.3 Å². The van der Waals surface area contributed by atoms with Gasteiger partial charge in [0, 0.05) is 17.6 Å². The summed E-state index contributed by atoms with van der Waals surface area (Å²) >= 11 is 6.19. The van der Waals surface area contributed by atoms with Crippen LogP contribution in [0.4, 0.5) is 0 Å². The molecule has 0 fully saturated rings. The highest BCUT2D eigenvalue weighted by atomic mass is 35.5. The van der Waals surface area contributed by atoms with Gasteiger partial charge in [-0.1, -0.05) is 36.7 Å². The zero-order valence-corrected chi connectivity index (χ0v) is 10.4. The van der Waals surface area contributed by atoms with Gasteiger partial charge in [0.15, 0.2) is 0 Å². The zero-order chi connectivity index (χ0) is 11.3. The summed E-state index contributed by atoms with van der Waals surface area (Å²) in [6.07, 6.45) is 0. The Morgan fingerprint density at radius 3 is 2.53 bits per heavy atom. The van der Waals surface area contributed by atoms with Crippen molar-refractivity contribution in [3.8, 4) is 0 Å². The van der Waals surface area contributed by atoms with E-state index in [1.54, 1.807) is 0 Å². The van der Waals surface area contributed by atoms with Crippen LogP contribution in [-0.4, -0.2) is 32.1 Å². The summed E-state index contributed by atoms with van der Waals surface area (Å²) < 4.78 is 0. The molecule has 0 aromatic heterocycles. The first-order valence-corrected chi connectivity index (χ1v) is 5.66. The molecule has 1 unspecified atom stereocenters. The first-order chi connectivity index (χ1) is 7.16. The van der Waals surface area contributed by atoms with Crippen molar-refractivity contribution in [1.82, 2.24) is 10.2 Å². The van der Waals surface area contributed by atoms with Gasteiger partial charge in [0.25, 0.3) is 0 Å². The number of benzene rings is 1. The summed E-state index contributed by atoms with van der Waals surface area (Å²) in [7, 11) is 4.15. The van der Waals surface area contributed by atoms with Crippen LogP contribution in [0.5, 0.6) is 0 Å². The molecule has 0 heterocycles. The van der Waals surface area contributed by atoms with Crippen molar-refractivity contribution >= 4 is 11.6 Å². The fraction of sp³-hybridized carbons (Fsp3) is 0.500. The van der Waals surface area contributed by atoms with Crippen molar-refractivity contribution in [1.29, 1.82) is 0 Å². The van der Waals surface area contributed by atoms with E-state index in [1.165, 1.54) is 5.56 Å². The van der Waals surface area contributed by atoms with Gasteiger partial charge in [-0.2, -0.15) is 0 Å². The van der Waals surface area contributed by atoms with Gasteiger partial charge in [-0.3, -0.25) is 0 Å². The van der Waals surface area contributed by atoms with E-state index in [9.17, 15) is 0 Å². The molecule has 0 saturated carbocycles. The molecule has 1 aromatic rings. The molecule has 1 aromatic carbocycles. The Morgan fingerprint density at radius 1 is 1.33 bits per heavy atom. The van der Waals surface area contributed by atoms with E-state index in [2.05, 4.69) is 37.3 Å². The van der Waals surface area contributed by atoms with Crippen molar-refractivity contribution < 1.29 is 0 Å². The van der Waals surface area contributed by atoms with Crippen LogP contribution in [0.25, 0.3) is 0 Å². The molecule has 15 heavy (non-hydrogen) atoms. The standard InChI is InChI=1S/C12H19ClN2/c1-4-14-9-12(15(2)3)10-7-5-6-8-11(10)13/h5-8,12,14H,4,9H2,1-3H3. The number of hydrogen-bond acceptors (Lipinski definition) is 2. The first-order valence-electron chi connectivity index (χ1n) is 5.28. The zero-order valence-electron chi connectivity index (χ0n) is 9.63. The number of nitrogens with one attached hydrogen (secondary N) is 1. The van der Waals surface area contributed by atoms with E-state index in [4.69, 9.17) is 11.6 Å². The molecule has 2 nitrogen and oxygen atoms in total. The van der Waals surface area contributed by atoms with Gasteiger partial charge in [-0.05, 0) is 32.3 Å². The summed E-state index contributed by atoms with van der Waals surface area (Å²) in [5.41, 5.74) is 1.19. The fourth-order valence-electron chi connectivity index (χ4n) is 1.60. The van der Waals surface area contributed by atoms with E-state index in [1.807, 2.05) is 18.2 Å². The smallest absolute Gasteiger partial charge is 0.0481 e. The Labute approximate surface area is 97.2 Å². The molecule has 0 amide bonds. The number of rotatable bonds is 5. The van der Waals surface area contributed by atoms with Gasteiger partial charge < -0.3 is 10.2 Å². The lowest BCUT2D eigenvalue weighted by Gasteiger charge is -2.25. The Hall–Kier alpha value is -0.570. The van der Waals surface area contributed by atoms with E-state index in [0.29, 0.717) is 6.04 Å². The predicted molar refractivity (Wildman–Crippen MR) is 66.4 cm³/mol. The minimum atomic E-state index is 0.332. The van der Waals surface area contributed by atoms with E-state index < -0.39 is 0 Å². The molecule has 0 bridgehead atoms. The van der Waals surface area contributed by atoms with Gasteiger partial charge in [-0.25, -0.2) is 0 Å². The Balaban J connectivity index is 2.84. The molecule has 1 atom stereocenters. The second-order valence-corrected chi connectivity index (χ2v) is 4.22. The molecule has 0 aliphatic carbocycles. The highest BCUT2D eigenvalue weighted by Crippen LogP contribution is 2.25. The van der Waals surface area contributed by atoms with Gasteiger partial charge in [-0.15, -0.1) is 0 Å². The van der Waals surface area contributed by atoms with Gasteiger partial charge in [0.1, 0.15) is 0 Å². The summed E-state index contributed by atoms with van der Waals surface area (Å²) in [5, 5.41) is 4.20. The van der Waals surface area contributed by atoms with Crippen molar-refractivity contribution in [2.75, 3.05) is 27.2 Å². The molecular weight excluding hydrogens is 208 g/mol. The average molecular weight is 227 g/mol. The van der Waals surface area contributed by atoms with E-state index in [0.717, 1.165) is 18.1 Å². The van der Waals surface area contributed by atoms with Crippen molar-refractivity contribution in [2.24, 2.45) is 0 Å². The van der Waals surface area contributed by atoms with Crippen molar-refractivity contribution in [2.45, 2.75) is 13.0 Å². The molecule has 3 heteroatoms. The average Bonchev–Trinajstić information content (AvgIpc) is 2.20. The summed E-state index contributed by atoms with van der Waals surface area (Å²) in [5.74, 6) is 0. The molecule has 0 aliphatic rings. The van der Waals surface area contributed by atoms with Crippen LogP contribution in [0.1, 0.15) is 18.5 Å². The largest absolute Gasteiger partial charge is 0.315 e. The quantitative estimate of drug-likeness (QED) is 0.830. The Morgan fingerprint density at radius 2 is 2.00 bits per heavy atom. The van der Waals surface area contributed by atoms with Crippen LogP contribution in [0.2, 0.25) is 5.02 Å². The van der Waals surface area contributed by atoms with E-state index >= 15 is 0 Å². The highest BCUT2D eigenvalue weighted by Gasteiger charge is 2.15. The molecular formula is C12H19ClN2. The van der Waals surface area contributed by atoms with Crippen LogP contribution < -0.4 is 5.32 Å². The lowest BCUT2D eigenvalue weighted by atomic mass is 10.1. The van der Waals surface area contributed by atoms with Gasteiger partial charge in [0.2, 0.25) is 0 Å². The van der Waals surface area contributed by atoms with Gasteiger partial charge in [0.05, 0.1) is 0 Å². The summed E-state index contributed by atoms with van der Waals surface area (Å²) in [6.45, 7) is 4.02. The summed E-state index contributed by atoms with van der Waals surface area (Å²) in [4.78, 5) is 2.18. The second-order valence-electron chi connectivity index (χ2n) is 3.81. The molecule has 0 radical (unpaired) electrons. The first kappa shape index (κ1) is 12.5. The van der Waals surface area contributed by atoms with Crippen LogP contribution in [0.15, 0.2) is 24.3 Å². The summed E-state index contributed by atoms with van der Waals surface area (Å²) in [6, 6.07) is 8.36. The van der Waals surface area contributed by atoms with Crippen molar-refractivity contribution in [3.63, 3.8) is 0 Å². The third kappa shape index (κ3) is 3.49.